The van der Waals surface area contributed by atoms with Crippen molar-refractivity contribution in [2.45, 2.75) is 11.5 Å². The molecule has 0 aliphatic rings. The number of sulfonamides is 1. The van der Waals surface area contributed by atoms with Gasteiger partial charge in [-0.05, 0) is 60.2 Å². The van der Waals surface area contributed by atoms with Gasteiger partial charge in [-0.1, -0.05) is 52.3 Å². The molecule has 4 rings (SSSR count). The third kappa shape index (κ3) is 6.78. The van der Waals surface area contributed by atoms with Crippen LogP contribution in [0.15, 0.2) is 106 Å². The van der Waals surface area contributed by atoms with Crippen molar-refractivity contribution >= 4 is 49.2 Å². The molecule has 0 bridgehead atoms. The van der Waals surface area contributed by atoms with Crippen LogP contribution in [-0.2, 0) is 21.4 Å². The summed E-state index contributed by atoms with van der Waals surface area (Å²) < 4.78 is 39.6. The van der Waals surface area contributed by atoms with Crippen molar-refractivity contribution in [3.8, 4) is 5.75 Å². The fourth-order valence-electron chi connectivity index (χ4n) is 3.49. The van der Waals surface area contributed by atoms with Gasteiger partial charge in [0.05, 0.1) is 28.9 Å². The van der Waals surface area contributed by atoms with Gasteiger partial charge in [-0.2, -0.15) is 0 Å². The average Bonchev–Trinajstić information content (AvgIpc) is 2.93. The Morgan fingerprint density at radius 3 is 2.32 bits per heavy atom. The van der Waals surface area contributed by atoms with E-state index in [4.69, 9.17) is 9.47 Å². The van der Waals surface area contributed by atoms with Crippen molar-refractivity contribution in [2.75, 3.05) is 17.1 Å². The van der Waals surface area contributed by atoms with Crippen molar-refractivity contribution in [2.24, 2.45) is 0 Å². The van der Waals surface area contributed by atoms with E-state index in [9.17, 15) is 18.0 Å². The number of ether oxygens (including phenoxy) is 2. The van der Waals surface area contributed by atoms with E-state index in [1.54, 1.807) is 36.4 Å². The number of anilines is 2. The minimum absolute atomic E-state index is 0.0245. The second-order valence-electron chi connectivity index (χ2n) is 8.07. The van der Waals surface area contributed by atoms with Crippen molar-refractivity contribution in [3.63, 3.8) is 0 Å². The monoisotopic (exact) mass is 594 g/mol. The maximum atomic E-state index is 12.9. The van der Waals surface area contributed by atoms with Gasteiger partial charge in [-0.3, -0.25) is 9.52 Å². The molecule has 1 amide bonds. The first-order valence-electron chi connectivity index (χ1n) is 11.3. The van der Waals surface area contributed by atoms with E-state index in [-0.39, 0.29) is 21.7 Å². The number of esters is 1. The highest BCUT2D eigenvalue weighted by Gasteiger charge is 2.18. The second-order valence-corrected chi connectivity index (χ2v) is 10.7. The standard InChI is InChI=1S/C28H23BrN2O6S/c1-36-28(33)25-16-21(29)12-15-26(25)30-27(32)20-10-13-24(14-11-20)38(34,35)31-22-8-5-9-23(17-22)37-18-19-6-3-2-4-7-19/h2-17,31H,18H2,1H3,(H,30,32). The van der Waals surface area contributed by atoms with Crippen LogP contribution in [-0.4, -0.2) is 27.4 Å². The molecule has 0 aromatic heterocycles. The number of amides is 1. The van der Waals surface area contributed by atoms with Crippen LogP contribution in [0.4, 0.5) is 11.4 Å². The minimum atomic E-state index is -3.93. The van der Waals surface area contributed by atoms with Gasteiger partial charge >= 0.3 is 5.97 Å². The Morgan fingerprint density at radius 1 is 0.868 bits per heavy atom. The fourth-order valence-corrected chi connectivity index (χ4v) is 4.90. The maximum Gasteiger partial charge on any atom is 0.340 e. The van der Waals surface area contributed by atoms with Crippen LogP contribution in [0.5, 0.6) is 5.75 Å². The van der Waals surface area contributed by atoms with Crippen molar-refractivity contribution < 1.29 is 27.5 Å². The maximum absolute atomic E-state index is 12.9. The van der Waals surface area contributed by atoms with E-state index >= 15 is 0 Å². The SMILES string of the molecule is COC(=O)c1cc(Br)ccc1NC(=O)c1ccc(S(=O)(=O)Nc2cccc(OCc3ccccc3)c2)cc1. The summed E-state index contributed by atoms with van der Waals surface area (Å²) in [7, 11) is -2.68. The zero-order valence-electron chi connectivity index (χ0n) is 20.2. The van der Waals surface area contributed by atoms with Gasteiger partial charge in [0.15, 0.2) is 0 Å². The molecule has 0 fully saturated rings. The van der Waals surface area contributed by atoms with Gasteiger partial charge in [0.25, 0.3) is 15.9 Å². The summed E-state index contributed by atoms with van der Waals surface area (Å²) in [4.78, 5) is 24.8. The summed E-state index contributed by atoms with van der Waals surface area (Å²) in [5.41, 5.74) is 1.97. The van der Waals surface area contributed by atoms with Crippen LogP contribution >= 0.6 is 15.9 Å². The number of nitrogens with one attached hydrogen (secondary N) is 2. The molecular formula is C28H23BrN2O6S. The van der Waals surface area contributed by atoms with Crippen molar-refractivity contribution in [1.82, 2.24) is 0 Å². The van der Waals surface area contributed by atoms with Crippen molar-refractivity contribution in [3.05, 3.63) is 118 Å². The smallest absolute Gasteiger partial charge is 0.340 e. The molecule has 10 heteroatoms. The molecule has 0 aliphatic heterocycles. The van der Waals surface area contributed by atoms with Gasteiger partial charge in [0.1, 0.15) is 12.4 Å². The minimum Gasteiger partial charge on any atom is -0.489 e. The highest BCUT2D eigenvalue weighted by molar-refractivity contribution is 9.10. The molecule has 0 aliphatic carbocycles. The summed E-state index contributed by atoms with van der Waals surface area (Å²) in [5, 5.41) is 2.66. The van der Waals surface area contributed by atoms with E-state index in [1.165, 1.54) is 37.4 Å². The van der Waals surface area contributed by atoms with Crippen LogP contribution < -0.4 is 14.8 Å². The first kappa shape index (κ1) is 26.9. The molecular weight excluding hydrogens is 572 g/mol. The largest absolute Gasteiger partial charge is 0.489 e. The molecule has 2 N–H and O–H groups in total. The third-order valence-corrected chi connectivity index (χ3v) is 7.29. The van der Waals surface area contributed by atoms with Crippen LogP contribution in [0.1, 0.15) is 26.3 Å². The lowest BCUT2D eigenvalue weighted by molar-refractivity contribution is 0.0602. The molecule has 4 aromatic carbocycles. The lowest BCUT2D eigenvalue weighted by Crippen LogP contribution is -2.16. The highest BCUT2D eigenvalue weighted by atomic mass is 79.9. The molecule has 0 radical (unpaired) electrons. The lowest BCUT2D eigenvalue weighted by Gasteiger charge is -2.12. The highest BCUT2D eigenvalue weighted by Crippen LogP contribution is 2.24. The molecule has 0 spiro atoms. The number of hydrogen-bond donors (Lipinski definition) is 2. The Labute approximate surface area is 228 Å². The number of carbonyl (C=O) groups excluding carboxylic acids is 2. The summed E-state index contributed by atoms with van der Waals surface area (Å²) in [5.74, 6) is -0.610. The molecule has 0 heterocycles. The Balaban J connectivity index is 1.44. The molecule has 8 nitrogen and oxygen atoms in total. The van der Waals surface area contributed by atoms with E-state index in [1.807, 2.05) is 30.3 Å². The number of halogens is 1. The number of methoxy groups -OCH3 is 1. The topological polar surface area (TPSA) is 111 Å². The zero-order valence-corrected chi connectivity index (χ0v) is 22.6. The molecule has 4 aromatic rings. The molecule has 194 valence electrons. The zero-order chi connectivity index (χ0) is 27.1. The quantitative estimate of drug-likeness (QED) is 0.234. The summed E-state index contributed by atoms with van der Waals surface area (Å²) in [6.45, 7) is 0.349. The van der Waals surface area contributed by atoms with Crippen LogP contribution in [0.2, 0.25) is 0 Å². The van der Waals surface area contributed by atoms with Crippen LogP contribution in [0.25, 0.3) is 0 Å². The first-order chi connectivity index (χ1) is 18.2. The average molecular weight is 595 g/mol. The molecule has 38 heavy (non-hydrogen) atoms. The van der Waals surface area contributed by atoms with Crippen LogP contribution in [0, 0.1) is 0 Å². The van der Waals surface area contributed by atoms with Gasteiger partial charge in [-0.25, -0.2) is 13.2 Å². The number of hydrogen-bond acceptors (Lipinski definition) is 6. The summed E-state index contributed by atoms with van der Waals surface area (Å²) in [6.07, 6.45) is 0. The molecule has 0 atom stereocenters. The van der Waals surface area contributed by atoms with E-state index in [0.717, 1.165) is 5.56 Å². The fraction of sp³-hybridized carbons (Fsp3) is 0.0714. The predicted octanol–water partition coefficient (Wildman–Crippen LogP) is 5.87. The predicted molar refractivity (Wildman–Crippen MR) is 148 cm³/mol. The van der Waals surface area contributed by atoms with Crippen LogP contribution in [0.3, 0.4) is 0 Å². The lowest BCUT2D eigenvalue weighted by atomic mass is 10.1. The first-order valence-corrected chi connectivity index (χ1v) is 13.6. The Bertz CT molecular complexity index is 1560. The molecule has 0 unspecified atom stereocenters. The van der Waals surface area contributed by atoms with E-state index in [0.29, 0.717) is 22.5 Å². The third-order valence-electron chi connectivity index (χ3n) is 5.40. The summed E-state index contributed by atoms with van der Waals surface area (Å²) >= 11 is 3.29. The van der Waals surface area contributed by atoms with Gasteiger partial charge in [-0.15, -0.1) is 0 Å². The summed E-state index contributed by atoms with van der Waals surface area (Å²) in [6, 6.07) is 26.5. The Hall–Kier alpha value is -4.15. The van der Waals surface area contributed by atoms with Gasteiger partial charge < -0.3 is 14.8 Å². The normalized spacial score (nSPS) is 10.9. The molecule has 0 saturated heterocycles. The van der Waals surface area contributed by atoms with E-state index in [2.05, 4.69) is 26.0 Å². The van der Waals surface area contributed by atoms with E-state index < -0.39 is 21.9 Å². The number of carbonyl (C=O) groups is 2. The Morgan fingerprint density at radius 2 is 1.61 bits per heavy atom. The molecule has 0 saturated carbocycles. The Kier molecular flexibility index (Phi) is 8.45. The second kappa shape index (κ2) is 11.9. The van der Waals surface area contributed by atoms with Crippen molar-refractivity contribution in [1.29, 1.82) is 0 Å². The van der Waals surface area contributed by atoms with Gasteiger partial charge in [0.2, 0.25) is 0 Å². The number of rotatable bonds is 9. The number of benzene rings is 4. The van der Waals surface area contributed by atoms with Gasteiger partial charge in [0, 0.05) is 16.1 Å².